The number of hydrogen-bond donors (Lipinski definition) is 3. The van der Waals surface area contributed by atoms with Crippen molar-refractivity contribution in [1.29, 1.82) is 0 Å². The Bertz CT molecular complexity index is 302. The van der Waals surface area contributed by atoms with Crippen LogP contribution in [0.3, 0.4) is 0 Å². The summed E-state index contributed by atoms with van der Waals surface area (Å²) in [5.74, 6) is -1.26. The van der Waals surface area contributed by atoms with Crippen molar-refractivity contribution in [3.63, 3.8) is 0 Å². The van der Waals surface area contributed by atoms with E-state index in [1.54, 1.807) is 13.8 Å². The Hall–Kier alpha value is -1.56. The molecule has 0 aromatic carbocycles. The lowest BCUT2D eigenvalue weighted by atomic mass is 10.2. The second-order valence-electron chi connectivity index (χ2n) is 3.98. The molecule has 0 fully saturated rings. The molecule has 0 rings (SSSR count). The summed E-state index contributed by atoms with van der Waals surface area (Å²) in [4.78, 5) is 23.9. The number of amides is 2. The Kier molecular flexibility index (Phi) is 6.27. The monoisotopic (exact) mass is 244 g/mol. The number of aliphatic hydroxyl groups excluding tert-OH is 1. The van der Waals surface area contributed by atoms with E-state index in [9.17, 15) is 14.7 Å². The van der Waals surface area contributed by atoms with Gasteiger partial charge < -0.3 is 20.4 Å². The van der Waals surface area contributed by atoms with E-state index in [4.69, 9.17) is 5.11 Å². The van der Waals surface area contributed by atoms with Gasteiger partial charge in [-0.2, -0.15) is 0 Å². The molecule has 0 saturated carbocycles. The van der Waals surface area contributed by atoms with E-state index >= 15 is 0 Å². The van der Waals surface area contributed by atoms with Gasteiger partial charge in [-0.3, -0.25) is 0 Å². The summed E-state index contributed by atoms with van der Waals surface area (Å²) >= 11 is 0. The molecular formula is C11H20N2O4. The van der Waals surface area contributed by atoms with Crippen LogP contribution in [0.15, 0.2) is 12.2 Å². The Morgan fingerprint density at radius 1 is 1.47 bits per heavy atom. The first-order valence-electron chi connectivity index (χ1n) is 5.40. The van der Waals surface area contributed by atoms with Crippen LogP contribution in [0, 0.1) is 0 Å². The van der Waals surface area contributed by atoms with Gasteiger partial charge in [-0.05, 0) is 20.8 Å². The highest BCUT2D eigenvalue weighted by Gasteiger charge is 2.26. The Morgan fingerprint density at radius 3 is 2.29 bits per heavy atom. The van der Waals surface area contributed by atoms with E-state index in [2.05, 4.69) is 11.9 Å². The molecular weight excluding hydrogens is 224 g/mol. The van der Waals surface area contributed by atoms with Gasteiger partial charge in [-0.25, -0.2) is 9.59 Å². The number of aliphatic hydroxyl groups is 1. The zero-order chi connectivity index (χ0) is 13.6. The minimum absolute atomic E-state index is 0.356. The lowest BCUT2D eigenvalue weighted by molar-refractivity contribution is -0.141. The summed E-state index contributed by atoms with van der Waals surface area (Å²) in [6, 6.07) is -1.83. The van der Waals surface area contributed by atoms with Gasteiger partial charge >= 0.3 is 12.0 Å². The van der Waals surface area contributed by atoms with Gasteiger partial charge in [0.05, 0.1) is 6.10 Å². The van der Waals surface area contributed by atoms with Crippen LogP contribution in [0.4, 0.5) is 4.79 Å². The van der Waals surface area contributed by atoms with Crippen molar-refractivity contribution in [2.75, 3.05) is 13.1 Å². The first-order valence-corrected chi connectivity index (χ1v) is 5.40. The summed E-state index contributed by atoms with van der Waals surface area (Å²) in [6.07, 6.45) is -1.15. The molecule has 2 atom stereocenters. The minimum Gasteiger partial charge on any atom is -0.480 e. The molecule has 0 heterocycles. The Morgan fingerprint density at radius 2 is 2.00 bits per heavy atom. The second-order valence-corrected chi connectivity index (χ2v) is 3.98. The molecule has 2 unspecified atom stereocenters. The van der Waals surface area contributed by atoms with Crippen LogP contribution in [0.2, 0.25) is 0 Å². The zero-order valence-electron chi connectivity index (χ0n) is 10.4. The molecule has 6 heteroatoms. The topological polar surface area (TPSA) is 89.9 Å². The van der Waals surface area contributed by atoms with E-state index in [-0.39, 0.29) is 0 Å². The van der Waals surface area contributed by atoms with Crippen molar-refractivity contribution in [3.05, 3.63) is 12.2 Å². The lowest BCUT2D eigenvalue weighted by Crippen LogP contribution is -2.52. The predicted molar refractivity (Wildman–Crippen MR) is 63.7 cm³/mol. The van der Waals surface area contributed by atoms with Gasteiger partial charge in [0.25, 0.3) is 0 Å². The number of carbonyl (C=O) groups excluding carboxylic acids is 1. The average molecular weight is 244 g/mol. The van der Waals surface area contributed by atoms with E-state index in [0.29, 0.717) is 13.1 Å². The van der Waals surface area contributed by atoms with Crippen LogP contribution in [-0.2, 0) is 4.79 Å². The quantitative estimate of drug-likeness (QED) is 0.591. The van der Waals surface area contributed by atoms with Crippen molar-refractivity contribution in [1.82, 2.24) is 10.2 Å². The smallest absolute Gasteiger partial charge is 0.328 e. The number of likely N-dealkylation sites (N-methyl/N-ethyl adjacent to an activating group) is 1. The number of hydrogen-bond acceptors (Lipinski definition) is 3. The van der Waals surface area contributed by atoms with Crippen molar-refractivity contribution < 1.29 is 19.8 Å². The second kappa shape index (κ2) is 6.90. The van der Waals surface area contributed by atoms with Crippen LogP contribution in [-0.4, -0.2) is 52.3 Å². The Balaban J connectivity index is 4.57. The van der Waals surface area contributed by atoms with E-state index in [0.717, 1.165) is 5.57 Å². The summed E-state index contributed by atoms with van der Waals surface area (Å²) < 4.78 is 0. The molecule has 3 N–H and O–H groups in total. The molecule has 0 spiro atoms. The van der Waals surface area contributed by atoms with Crippen LogP contribution in [0.1, 0.15) is 20.8 Å². The fourth-order valence-corrected chi connectivity index (χ4v) is 1.27. The summed E-state index contributed by atoms with van der Waals surface area (Å²) in [6.45, 7) is 9.35. The van der Waals surface area contributed by atoms with Gasteiger partial charge in [0.15, 0.2) is 6.04 Å². The number of carboxylic acids is 1. The molecule has 0 aromatic heterocycles. The molecule has 0 bridgehead atoms. The molecule has 0 aliphatic carbocycles. The SMILES string of the molecule is C=C(C)CN(CC)C(=O)NC(C(=O)O)C(C)O. The fraction of sp³-hybridized carbons (Fsp3) is 0.636. The number of carboxylic acid groups (broad SMARTS) is 1. The molecule has 0 aliphatic rings. The van der Waals surface area contributed by atoms with Gasteiger partial charge in [-0.15, -0.1) is 0 Å². The van der Waals surface area contributed by atoms with Gasteiger partial charge in [-0.1, -0.05) is 12.2 Å². The normalized spacial score (nSPS) is 13.6. The number of nitrogens with one attached hydrogen (secondary N) is 1. The maximum Gasteiger partial charge on any atom is 0.328 e. The van der Waals surface area contributed by atoms with Crippen molar-refractivity contribution in [3.8, 4) is 0 Å². The molecule has 0 saturated heterocycles. The molecule has 0 aromatic rings. The number of carbonyl (C=O) groups is 2. The number of nitrogens with zero attached hydrogens (tertiary/aromatic N) is 1. The van der Waals surface area contributed by atoms with Crippen LogP contribution in [0.25, 0.3) is 0 Å². The number of urea groups is 1. The third kappa shape index (κ3) is 5.35. The molecule has 17 heavy (non-hydrogen) atoms. The number of rotatable bonds is 6. The van der Waals surface area contributed by atoms with Crippen LogP contribution in [0.5, 0.6) is 0 Å². The summed E-state index contributed by atoms with van der Waals surface area (Å²) in [5, 5.41) is 20.3. The average Bonchev–Trinajstić information content (AvgIpc) is 2.20. The first kappa shape index (κ1) is 15.4. The summed E-state index contributed by atoms with van der Waals surface area (Å²) in [5.41, 5.74) is 0.797. The predicted octanol–water partition coefficient (Wildman–Crippen LogP) is 0.428. The third-order valence-electron chi connectivity index (χ3n) is 2.16. The standard InChI is InChI=1S/C11H20N2O4/c1-5-13(6-7(2)3)11(17)12-9(8(4)14)10(15)16/h8-9,14H,2,5-6H2,1,3-4H3,(H,12,17)(H,15,16). The molecule has 2 amide bonds. The Labute approximate surface area is 101 Å². The molecule has 0 aliphatic heterocycles. The number of aliphatic carboxylic acids is 1. The maximum atomic E-state index is 11.7. The minimum atomic E-state index is -1.30. The van der Waals surface area contributed by atoms with Crippen molar-refractivity contribution >= 4 is 12.0 Å². The molecule has 0 radical (unpaired) electrons. The lowest BCUT2D eigenvalue weighted by Gasteiger charge is -2.25. The third-order valence-corrected chi connectivity index (χ3v) is 2.16. The van der Waals surface area contributed by atoms with Gasteiger partial charge in [0, 0.05) is 13.1 Å². The van der Waals surface area contributed by atoms with Crippen LogP contribution >= 0.6 is 0 Å². The van der Waals surface area contributed by atoms with E-state index < -0.39 is 24.1 Å². The van der Waals surface area contributed by atoms with Gasteiger partial charge in [0.1, 0.15) is 0 Å². The zero-order valence-corrected chi connectivity index (χ0v) is 10.4. The molecule has 98 valence electrons. The van der Waals surface area contributed by atoms with Gasteiger partial charge in [0.2, 0.25) is 0 Å². The molecule has 6 nitrogen and oxygen atoms in total. The largest absolute Gasteiger partial charge is 0.480 e. The van der Waals surface area contributed by atoms with Crippen molar-refractivity contribution in [2.45, 2.75) is 32.9 Å². The fourth-order valence-electron chi connectivity index (χ4n) is 1.27. The maximum absolute atomic E-state index is 11.7. The summed E-state index contributed by atoms with van der Waals surface area (Å²) in [7, 11) is 0. The first-order chi connectivity index (χ1) is 7.79. The highest BCUT2D eigenvalue weighted by atomic mass is 16.4. The van der Waals surface area contributed by atoms with E-state index in [1.165, 1.54) is 11.8 Å². The highest BCUT2D eigenvalue weighted by molar-refractivity contribution is 5.83. The van der Waals surface area contributed by atoms with E-state index in [1.807, 2.05) is 0 Å². The van der Waals surface area contributed by atoms with Crippen LogP contribution < -0.4 is 5.32 Å². The van der Waals surface area contributed by atoms with Crippen molar-refractivity contribution in [2.24, 2.45) is 0 Å². The highest BCUT2D eigenvalue weighted by Crippen LogP contribution is 1.99.